The van der Waals surface area contributed by atoms with Crippen LogP contribution in [0.5, 0.6) is 0 Å². The van der Waals surface area contributed by atoms with Crippen LogP contribution in [0.1, 0.15) is 23.3 Å². The number of Topliss-reactive ketones (excluding diaryl/α,β-unsaturated/α-hetero) is 1. The molecule has 1 aromatic heterocycles. The number of thiazole rings is 1. The molecule has 2 heterocycles. The Kier molecular flexibility index (Phi) is 4.59. The highest BCUT2D eigenvalue weighted by molar-refractivity contribution is 7.14. The number of halogens is 1. The molecular weight excluding hydrogens is 270 g/mol. The molecule has 0 N–H and O–H groups in total. The molecule has 1 saturated heterocycles. The van der Waals surface area contributed by atoms with Crippen LogP contribution in [0.2, 0.25) is 0 Å². The van der Waals surface area contributed by atoms with E-state index in [9.17, 15) is 4.79 Å². The first-order valence-corrected chi connectivity index (χ1v) is 7.49. The molecule has 4 nitrogen and oxygen atoms in total. The fourth-order valence-electron chi connectivity index (χ4n) is 2.29. The summed E-state index contributed by atoms with van der Waals surface area (Å²) < 4.78 is 0. The number of carbonyl (C=O) groups excluding carboxylic acids is 1. The second-order valence-electron chi connectivity index (χ2n) is 4.82. The predicted molar refractivity (Wildman–Crippen MR) is 76.1 cm³/mol. The second-order valence-corrected chi connectivity index (χ2v) is 5.93. The number of ketones is 1. The molecule has 1 aliphatic rings. The van der Waals surface area contributed by atoms with Gasteiger partial charge in [0, 0.05) is 24.5 Å². The summed E-state index contributed by atoms with van der Waals surface area (Å²) >= 11 is 7.09. The van der Waals surface area contributed by atoms with Crippen LogP contribution in [-0.4, -0.2) is 54.8 Å². The van der Waals surface area contributed by atoms with E-state index in [1.54, 1.807) is 0 Å². The van der Waals surface area contributed by atoms with Crippen molar-refractivity contribution in [2.24, 2.45) is 0 Å². The third kappa shape index (κ3) is 3.02. The van der Waals surface area contributed by atoms with Gasteiger partial charge in [-0.2, -0.15) is 0 Å². The van der Waals surface area contributed by atoms with E-state index in [4.69, 9.17) is 11.6 Å². The van der Waals surface area contributed by atoms with Gasteiger partial charge in [-0.05, 0) is 26.9 Å². The number of aromatic nitrogens is 1. The van der Waals surface area contributed by atoms with E-state index in [-0.39, 0.29) is 11.7 Å². The van der Waals surface area contributed by atoms with Crippen molar-refractivity contribution < 1.29 is 4.79 Å². The van der Waals surface area contributed by atoms with Crippen LogP contribution in [0.3, 0.4) is 0 Å². The number of alkyl halides is 1. The average Bonchev–Trinajstić information content (AvgIpc) is 2.95. The largest absolute Gasteiger partial charge is 0.344 e. The van der Waals surface area contributed by atoms with Crippen LogP contribution in [0, 0.1) is 0 Å². The van der Waals surface area contributed by atoms with Crippen molar-refractivity contribution in [3.8, 4) is 0 Å². The highest BCUT2D eigenvalue weighted by Gasteiger charge is 2.27. The Morgan fingerprint density at radius 3 is 3.11 bits per heavy atom. The van der Waals surface area contributed by atoms with E-state index in [1.807, 2.05) is 5.38 Å². The summed E-state index contributed by atoms with van der Waals surface area (Å²) in [5.41, 5.74) is 0.500. The van der Waals surface area contributed by atoms with Gasteiger partial charge in [-0.1, -0.05) is 0 Å². The van der Waals surface area contributed by atoms with Gasteiger partial charge in [0.25, 0.3) is 0 Å². The third-order valence-corrected chi connectivity index (χ3v) is 4.22. The van der Waals surface area contributed by atoms with Crippen molar-refractivity contribution >= 4 is 33.9 Å². The zero-order valence-electron chi connectivity index (χ0n) is 10.7. The minimum Gasteiger partial charge on any atom is -0.344 e. The molecule has 0 aromatic carbocycles. The van der Waals surface area contributed by atoms with E-state index in [0.717, 1.165) is 18.2 Å². The molecule has 0 amide bonds. The third-order valence-electron chi connectivity index (χ3n) is 3.10. The minimum absolute atomic E-state index is 0.00427. The fourth-order valence-corrected chi connectivity index (χ4v) is 3.36. The van der Waals surface area contributed by atoms with Crippen LogP contribution in [0.15, 0.2) is 5.38 Å². The summed E-state index contributed by atoms with van der Waals surface area (Å²) in [6, 6.07) is 0.505. The molecule has 100 valence electrons. The van der Waals surface area contributed by atoms with Gasteiger partial charge in [0.2, 0.25) is 0 Å². The van der Waals surface area contributed by atoms with Crippen LogP contribution in [-0.2, 0) is 0 Å². The van der Waals surface area contributed by atoms with Crippen molar-refractivity contribution in [3.05, 3.63) is 11.1 Å². The lowest BCUT2D eigenvalue weighted by Crippen LogP contribution is -2.37. The summed E-state index contributed by atoms with van der Waals surface area (Å²) in [7, 11) is 4.17. The lowest BCUT2D eigenvalue weighted by Gasteiger charge is -2.26. The van der Waals surface area contributed by atoms with Gasteiger partial charge in [-0.15, -0.1) is 22.9 Å². The Morgan fingerprint density at radius 1 is 1.67 bits per heavy atom. The van der Waals surface area contributed by atoms with Crippen LogP contribution in [0.25, 0.3) is 0 Å². The maximum absolute atomic E-state index is 11.5. The number of rotatable bonds is 5. The quantitative estimate of drug-likeness (QED) is 0.614. The Morgan fingerprint density at radius 2 is 2.44 bits per heavy atom. The molecule has 1 aromatic rings. The van der Waals surface area contributed by atoms with Crippen LogP contribution in [0.4, 0.5) is 5.13 Å². The van der Waals surface area contributed by atoms with Crippen molar-refractivity contribution in [3.63, 3.8) is 0 Å². The molecule has 1 aliphatic heterocycles. The zero-order valence-corrected chi connectivity index (χ0v) is 12.3. The molecule has 0 aliphatic carbocycles. The number of hydrogen-bond acceptors (Lipinski definition) is 5. The minimum atomic E-state index is -0.0949. The number of likely N-dealkylation sites (N-methyl/N-ethyl adjacent to an activating group) is 1. The van der Waals surface area contributed by atoms with Gasteiger partial charge in [-0.25, -0.2) is 4.98 Å². The molecule has 1 atom stereocenters. The van der Waals surface area contributed by atoms with E-state index < -0.39 is 0 Å². The van der Waals surface area contributed by atoms with E-state index in [0.29, 0.717) is 11.7 Å². The van der Waals surface area contributed by atoms with Crippen molar-refractivity contribution in [1.29, 1.82) is 0 Å². The van der Waals surface area contributed by atoms with Crippen molar-refractivity contribution in [1.82, 2.24) is 9.88 Å². The normalized spacial score (nSPS) is 19.8. The highest BCUT2D eigenvalue weighted by atomic mass is 35.5. The maximum atomic E-state index is 11.5. The summed E-state index contributed by atoms with van der Waals surface area (Å²) in [6.45, 7) is 2.05. The van der Waals surface area contributed by atoms with Gasteiger partial charge >= 0.3 is 0 Å². The molecule has 0 saturated carbocycles. The smallest absolute Gasteiger partial charge is 0.196 e. The Bertz CT molecular complexity index is 421. The van der Waals surface area contributed by atoms with Crippen LogP contribution < -0.4 is 4.90 Å². The standard InChI is InChI=1S/C12H18ClN3OS/c1-15(2)7-9-4-3-5-16(9)12-14-10(8-18-12)11(17)6-13/h8-9H,3-7H2,1-2H3. The summed E-state index contributed by atoms with van der Waals surface area (Å²) in [5, 5.41) is 2.76. The fraction of sp³-hybridized carbons (Fsp3) is 0.667. The van der Waals surface area contributed by atoms with Gasteiger partial charge < -0.3 is 9.80 Å². The molecule has 0 radical (unpaired) electrons. The van der Waals surface area contributed by atoms with Gasteiger partial charge in [-0.3, -0.25) is 4.79 Å². The first-order valence-electron chi connectivity index (χ1n) is 6.08. The second kappa shape index (κ2) is 5.99. The monoisotopic (exact) mass is 287 g/mol. The number of hydrogen-bond donors (Lipinski definition) is 0. The van der Waals surface area contributed by atoms with Gasteiger partial charge in [0.1, 0.15) is 5.69 Å². The molecule has 6 heteroatoms. The molecule has 18 heavy (non-hydrogen) atoms. The predicted octanol–water partition coefficient (Wildman–Crippen LogP) is 2.09. The van der Waals surface area contributed by atoms with E-state index >= 15 is 0 Å². The molecule has 0 spiro atoms. The average molecular weight is 288 g/mol. The Balaban J connectivity index is 2.10. The first kappa shape index (κ1) is 13.8. The van der Waals surface area contributed by atoms with Crippen molar-refractivity contribution in [2.75, 3.05) is 38.0 Å². The lowest BCUT2D eigenvalue weighted by atomic mass is 10.2. The lowest BCUT2D eigenvalue weighted by molar-refractivity contribution is 0.101. The van der Waals surface area contributed by atoms with E-state index in [2.05, 4.69) is 28.9 Å². The molecular formula is C12H18ClN3OS. The Labute approximate surface area is 117 Å². The number of nitrogens with zero attached hydrogens (tertiary/aromatic N) is 3. The van der Waals surface area contributed by atoms with Gasteiger partial charge in [0.05, 0.1) is 5.88 Å². The van der Waals surface area contributed by atoms with E-state index in [1.165, 1.54) is 24.2 Å². The molecule has 1 unspecified atom stereocenters. The number of anilines is 1. The Hall–Kier alpha value is -0.650. The van der Waals surface area contributed by atoms with Crippen LogP contribution >= 0.6 is 22.9 Å². The molecule has 0 bridgehead atoms. The highest BCUT2D eigenvalue weighted by Crippen LogP contribution is 2.29. The summed E-state index contributed by atoms with van der Waals surface area (Å²) in [5.74, 6) is -0.0906. The topological polar surface area (TPSA) is 36.4 Å². The SMILES string of the molecule is CN(C)CC1CCCN1c1nc(C(=O)CCl)cs1. The summed E-state index contributed by atoms with van der Waals surface area (Å²) in [6.07, 6.45) is 2.38. The summed E-state index contributed by atoms with van der Waals surface area (Å²) in [4.78, 5) is 20.4. The number of carbonyl (C=O) groups is 1. The molecule has 2 rings (SSSR count). The molecule has 1 fully saturated rings. The van der Waals surface area contributed by atoms with Gasteiger partial charge in [0.15, 0.2) is 10.9 Å². The zero-order chi connectivity index (χ0) is 13.1. The maximum Gasteiger partial charge on any atom is 0.196 e. The first-order chi connectivity index (χ1) is 8.61. The van der Waals surface area contributed by atoms with Crippen molar-refractivity contribution in [2.45, 2.75) is 18.9 Å².